The Kier molecular flexibility index (Phi) is 3.03. The average Bonchev–Trinajstić information content (AvgIpc) is 2.40. The van der Waals surface area contributed by atoms with Crippen molar-refractivity contribution in [2.75, 3.05) is 13.2 Å². The van der Waals surface area contributed by atoms with E-state index in [1.165, 1.54) is 0 Å². The van der Waals surface area contributed by atoms with E-state index in [1.807, 2.05) is 13.0 Å². The highest BCUT2D eigenvalue weighted by molar-refractivity contribution is 6.31. The van der Waals surface area contributed by atoms with E-state index < -0.39 is 0 Å². The minimum absolute atomic E-state index is 0.102. The fraction of sp³-hybridized carbons (Fsp3) is 0.455. The molecule has 1 heterocycles. The van der Waals surface area contributed by atoms with Crippen LogP contribution in [0.3, 0.4) is 0 Å². The quantitative estimate of drug-likeness (QED) is 0.802. The number of benzene rings is 1. The molecule has 0 fully saturated rings. The molecule has 82 valence electrons. The third-order valence-electron chi connectivity index (χ3n) is 2.36. The zero-order valence-corrected chi connectivity index (χ0v) is 9.38. The lowest BCUT2D eigenvalue weighted by Gasteiger charge is -2.13. The van der Waals surface area contributed by atoms with Gasteiger partial charge in [-0.2, -0.15) is 0 Å². The summed E-state index contributed by atoms with van der Waals surface area (Å²) in [6, 6.07) is 3.55. The topological polar surface area (TPSA) is 44.5 Å². The van der Waals surface area contributed by atoms with Gasteiger partial charge in [-0.15, -0.1) is 0 Å². The van der Waals surface area contributed by atoms with Gasteiger partial charge in [-0.05, 0) is 18.6 Å². The van der Waals surface area contributed by atoms with Crippen molar-refractivity contribution in [2.45, 2.75) is 19.4 Å². The third kappa shape index (κ3) is 2.19. The van der Waals surface area contributed by atoms with Crippen molar-refractivity contribution < 1.29 is 9.47 Å². The van der Waals surface area contributed by atoms with E-state index in [9.17, 15) is 0 Å². The number of fused-ring (bicyclic) bond motifs is 1. The van der Waals surface area contributed by atoms with Gasteiger partial charge in [0.15, 0.2) is 11.5 Å². The van der Waals surface area contributed by atoms with Crippen molar-refractivity contribution in [3.8, 4) is 11.5 Å². The molecule has 1 aromatic rings. The Morgan fingerprint density at radius 3 is 2.47 bits per heavy atom. The van der Waals surface area contributed by atoms with E-state index >= 15 is 0 Å². The minimum atomic E-state index is -0.102. The Hall–Kier alpha value is -0.930. The lowest BCUT2D eigenvalue weighted by molar-refractivity contribution is 0.297. The Morgan fingerprint density at radius 2 is 1.87 bits per heavy atom. The maximum Gasteiger partial charge on any atom is 0.162 e. The van der Waals surface area contributed by atoms with Crippen LogP contribution >= 0.6 is 11.6 Å². The van der Waals surface area contributed by atoms with Crippen LogP contribution in [0, 0.1) is 0 Å². The fourth-order valence-corrected chi connectivity index (χ4v) is 1.87. The molecule has 2 rings (SSSR count). The number of rotatable bonds is 1. The highest BCUT2D eigenvalue weighted by atomic mass is 35.5. The lowest BCUT2D eigenvalue weighted by Crippen LogP contribution is -2.06. The van der Waals surface area contributed by atoms with Gasteiger partial charge in [0.05, 0.1) is 13.2 Å². The van der Waals surface area contributed by atoms with E-state index in [-0.39, 0.29) is 6.04 Å². The van der Waals surface area contributed by atoms with Crippen molar-refractivity contribution in [3.05, 3.63) is 22.7 Å². The van der Waals surface area contributed by atoms with E-state index in [0.29, 0.717) is 24.0 Å². The molecule has 1 aliphatic rings. The van der Waals surface area contributed by atoms with E-state index in [1.54, 1.807) is 6.07 Å². The van der Waals surface area contributed by atoms with E-state index in [4.69, 9.17) is 26.8 Å². The van der Waals surface area contributed by atoms with Gasteiger partial charge in [-0.3, -0.25) is 0 Å². The molecule has 0 radical (unpaired) electrons. The zero-order chi connectivity index (χ0) is 10.8. The van der Waals surface area contributed by atoms with Crippen molar-refractivity contribution >= 4 is 11.6 Å². The first kappa shape index (κ1) is 10.6. The maximum absolute atomic E-state index is 6.09. The van der Waals surface area contributed by atoms with Crippen LogP contribution in [0.1, 0.15) is 24.9 Å². The number of hydrogen-bond acceptors (Lipinski definition) is 3. The molecular weight excluding hydrogens is 214 g/mol. The highest BCUT2D eigenvalue weighted by Gasteiger charge is 2.15. The SMILES string of the molecule is C[C@@H](N)c1cc2c(cc1Cl)OCCCO2. The monoisotopic (exact) mass is 227 g/mol. The summed E-state index contributed by atoms with van der Waals surface area (Å²) in [5.41, 5.74) is 6.70. The molecule has 15 heavy (non-hydrogen) atoms. The zero-order valence-electron chi connectivity index (χ0n) is 8.63. The Labute approximate surface area is 94.1 Å². The van der Waals surface area contributed by atoms with Crippen molar-refractivity contribution in [3.63, 3.8) is 0 Å². The molecule has 0 aliphatic carbocycles. The van der Waals surface area contributed by atoms with Crippen LogP contribution < -0.4 is 15.2 Å². The number of hydrogen-bond donors (Lipinski definition) is 1. The van der Waals surface area contributed by atoms with Crippen LogP contribution in [0.4, 0.5) is 0 Å². The second-order valence-electron chi connectivity index (χ2n) is 3.66. The third-order valence-corrected chi connectivity index (χ3v) is 2.68. The first-order valence-electron chi connectivity index (χ1n) is 5.03. The molecule has 0 saturated carbocycles. The van der Waals surface area contributed by atoms with Crippen LogP contribution in [0.15, 0.2) is 12.1 Å². The molecule has 0 unspecified atom stereocenters. The minimum Gasteiger partial charge on any atom is -0.490 e. The number of halogens is 1. The van der Waals surface area contributed by atoms with Gasteiger partial charge in [0, 0.05) is 23.6 Å². The summed E-state index contributed by atoms with van der Waals surface area (Å²) in [5.74, 6) is 1.45. The van der Waals surface area contributed by atoms with Gasteiger partial charge >= 0.3 is 0 Å². The van der Waals surface area contributed by atoms with Crippen molar-refractivity contribution in [2.24, 2.45) is 5.73 Å². The summed E-state index contributed by atoms with van der Waals surface area (Å²) in [6.07, 6.45) is 0.889. The molecule has 1 aliphatic heterocycles. The van der Waals surface area contributed by atoms with E-state index in [0.717, 1.165) is 17.7 Å². The molecular formula is C11H14ClNO2. The summed E-state index contributed by atoms with van der Waals surface area (Å²) >= 11 is 6.09. The van der Waals surface area contributed by atoms with Gasteiger partial charge < -0.3 is 15.2 Å². The molecule has 3 nitrogen and oxygen atoms in total. The standard InChI is InChI=1S/C11H14ClNO2/c1-7(13)8-5-10-11(6-9(8)12)15-4-2-3-14-10/h5-7H,2-4,13H2,1H3/t7-/m1/s1. The number of nitrogens with two attached hydrogens (primary N) is 1. The van der Waals surface area contributed by atoms with Gasteiger partial charge in [-0.25, -0.2) is 0 Å². The Bertz CT molecular complexity index is 366. The molecule has 4 heteroatoms. The van der Waals surface area contributed by atoms with Crippen LogP contribution in [-0.4, -0.2) is 13.2 Å². The largest absolute Gasteiger partial charge is 0.490 e. The second-order valence-corrected chi connectivity index (χ2v) is 4.07. The van der Waals surface area contributed by atoms with Gasteiger partial charge in [0.25, 0.3) is 0 Å². The van der Waals surface area contributed by atoms with Crippen molar-refractivity contribution in [1.29, 1.82) is 0 Å². The summed E-state index contributed by atoms with van der Waals surface area (Å²) < 4.78 is 11.1. The van der Waals surface area contributed by atoms with Crippen LogP contribution in [0.25, 0.3) is 0 Å². The molecule has 0 aromatic heterocycles. The van der Waals surface area contributed by atoms with Crippen LogP contribution in [0.5, 0.6) is 11.5 Å². The first-order chi connectivity index (χ1) is 7.18. The van der Waals surface area contributed by atoms with Gasteiger partial charge in [0.1, 0.15) is 0 Å². The fourth-order valence-electron chi connectivity index (χ4n) is 1.55. The summed E-state index contributed by atoms with van der Waals surface area (Å²) in [5, 5.41) is 0.634. The van der Waals surface area contributed by atoms with Crippen LogP contribution in [0.2, 0.25) is 5.02 Å². The summed E-state index contributed by atoms with van der Waals surface area (Å²) in [6.45, 7) is 3.24. The van der Waals surface area contributed by atoms with Gasteiger partial charge in [-0.1, -0.05) is 11.6 Å². The normalized spacial score (nSPS) is 17.0. The molecule has 0 amide bonds. The number of ether oxygens (including phenoxy) is 2. The molecule has 0 saturated heterocycles. The average molecular weight is 228 g/mol. The lowest BCUT2D eigenvalue weighted by atomic mass is 10.1. The highest BCUT2D eigenvalue weighted by Crippen LogP contribution is 2.36. The first-order valence-corrected chi connectivity index (χ1v) is 5.41. The molecule has 0 bridgehead atoms. The van der Waals surface area contributed by atoms with Crippen molar-refractivity contribution in [1.82, 2.24) is 0 Å². The Balaban J connectivity index is 2.42. The molecule has 1 aromatic carbocycles. The summed E-state index contributed by atoms with van der Waals surface area (Å²) in [7, 11) is 0. The van der Waals surface area contributed by atoms with Gasteiger partial charge in [0.2, 0.25) is 0 Å². The maximum atomic E-state index is 6.09. The second kappa shape index (κ2) is 4.29. The van der Waals surface area contributed by atoms with E-state index in [2.05, 4.69) is 0 Å². The predicted molar refractivity (Wildman–Crippen MR) is 59.7 cm³/mol. The predicted octanol–water partition coefficient (Wildman–Crippen LogP) is 2.52. The molecule has 1 atom stereocenters. The van der Waals surface area contributed by atoms with Crippen LogP contribution in [-0.2, 0) is 0 Å². The Morgan fingerprint density at radius 1 is 1.27 bits per heavy atom. The smallest absolute Gasteiger partial charge is 0.162 e. The molecule has 0 spiro atoms. The summed E-state index contributed by atoms with van der Waals surface area (Å²) in [4.78, 5) is 0. The molecule has 2 N–H and O–H groups in total.